The van der Waals surface area contributed by atoms with Gasteiger partial charge in [0.05, 0.1) is 11.9 Å². The summed E-state index contributed by atoms with van der Waals surface area (Å²) in [7, 11) is 0. The summed E-state index contributed by atoms with van der Waals surface area (Å²) in [5, 5.41) is 0.582. The predicted octanol–water partition coefficient (Wildman–Crippen LogP) is 4.80. The van der Waals surface area contributed by atoms with E-state index < -0.39 is 0 Å². The maximum Gasteiger partial charge on any atom is 0.236 e. The Morgan fingerprint density at radius 3 is 2.72 bits per heavy atom. The fourth-order valence-corrected chi connectivity index (χ4v) is 4.08. The van der Waals surface area contributed by atoms with Gasteiger partial charge in [-0.05, 0) is 67.8 Å². The first-order chi connectivity index (χ1) is 12.1. The molecule has 1 aliphatic heterocycles. The zero-order valence-electron chi connectivity index (χ0n) is 14.5. The minimum atomic E-state index is -0.127. The normalized spacial score (nSPS) is 14.8. The van der Waals surface area contributed by atoms with Crippen molar-refractivity contribution < 1.29 is 9.53 Å². The molecule has 0 aliphatic carbocycles. The van der Waals surface area contributed by atoms with E-state index in [4.69, 9.17) is 16.3 Å². The molecule has 2 aromatic rings. The van der Waals surface area contributed by atoms with Crippen LogP contribution in [0.25, 0.3) is 0 Å². The van der Waals surface area contributed by atoms with E-state index >= 15 is 0 Å². The van der Waals surface area contributed by atoms with E-state index in [0.717, 1.165) is 23.6 Å². The van der Waals surface area contributed by atoms with Gasteiger partial charge in [-0.3, -0.25) is 4.79 Å². The predicted molar refractivity (Wildman–Crippen MR) is 104 cm³/mol. The Hall–Kier alpha value is -1.65. The summed E-state index contributed by atoms with van der Waals surface area (Å²) in [4.78, 5) is 15.8. The highest BCUT2D eigenvalue weighted by molar-refractivity contribution is 8.00. The largest absolute Gasteiger partial charge is 0.494 e. The second-order valence-corrected chi connectivity index (χ2v) is 7.94. The van der Waals surface area contributed by atoms with Gasteiger partial charge in [-0.1, -0.05) is 17.7 Å². The van der Waals surface area contributed by atoms with Crippen LogP contribution in [-0.2, 0) is 17.8 Å². The van der Waals surface area contributed by atoms with Crippen molar-refractivity contribution in [3.8, 4) is 5.75 Å². The molecule has 2 aromatic carbocycles. The van der Waals surface area contributed by atoms with Crippen LogP contribution in [0.3, 0.4) is 0 Å². The first-order valence-electron chi connectivity index (χ1n) is 8.52. The van der Waals surface area contributed by atoms with Crippen LogP contribution >= 0.6 is 23.4 Å². The van der Waals surface area contributed by atoms with Crippen molar-refractivity contribution in [2.45, 2.75) is 37.0 Å². The number of thioether (sulfide) groups is 1. The van der Waals surface area contributed by atoms with E-state index in [9.17, 15) is 4.79 Å². The maximum atomic E-state index is 12.8. The number of hydrogen-bond acceptors (Lipinski definition) is 3. The lowest BCUT2D eigenvalue weighted by atomic mass is 9.99. The van der Waals surface area contributed by atoms with Crippen molar-refractivity contribution in [1.29, 1.82) is 0 Å². The smallest absolute Gasteiger partial charge is 0.236 e. The molecule has 3 rings (SSSR count). The minimum absolute atomic E-state index is 0.127. The van der Waals surface area contributed by atoms with Crippen molar-refractivity contribution in [2.24, 2.45) is 0 Å². The molecule has 3 nitrogen and oxygen atoms in total. The lowest BCUT2D eigenvalue weighted by molar-refractivity contribution is -0.131. The molecule has 5 heteroatoms. The highest BCUT2D eigenvalue weighted by atomic mass is 35.5. The molecule has 25 heavy (non-hydrogen) atoms. The average molecular weight is 376 g/mol. The van der Waals surface area contributed by atoms with Crippen molar-refractivity contribution in [1.82, 2.24) is 4.90 Å². The van der Waals surface area contributed by atoms with Gasteiger partial charge in [0, 0.05) is 23.0 Å². The highest BCUT2D eigenvalue weighted by Gasteiger charge is 2.25. The molecular formula is C20H22ClNO2S. The van der Waals surface area contributed by atoms with Crippen LogP contribution in [-0.4, -0.2) is 29.2 Å². The molecule has 1 atom stereocenters. The number of amides is 1. The topological polar surface area (TPSA) is 29.5 Å². The van der Waals surface area contributed by atoms with Gasteiger partial charge in [-0.15, -0.1) is 11.8 Å². The summed E-state index contributed by atoms with van der Waals surface area (Å²) in [6, 6.07) is 13.8. The van der Waals surface area contributed by atoms with Gasteiger partial charge < -0.3 is 9.64 Å². The van der Waals surface area contributed by atoms with Gasteiger partial charge in [0.2, 0.25) is 5.91 Å². The Kier molecular flexibility index (Phi) is 5.92. The Labute approximate surface area is 158 Å². The number of benzene rings is 2. The second-order valence-electron chi connectivity index (χ2n) is 6.09. The SMILES string of the molecule is CCOc1ccc2c(c1)CN(C(=O)C(C)Sc1ccc(Cl)cc1)CC2. The molecule has 0 fully saturated rings. The van der Waals surface area contributed by atoms with Gasteiger partial charge in [0.25, 0.3) is 0 Å². The van der Waals surface area contributed by atoms with E-state index in [2.05, 4.69) is 12.1 Å². The third kappa shape index (κ3) is 4.50. The molecule has 132 valence electrons. The van der Waals surface area contributed by atoms with Gasteiger partial charge >= 0.3 is 0 Å². The van der Waals surface area contributed by atoms with Crippen LogP contribution < -0.4 is 4.74 Å². The summed E-state index contributed by atoms with van der Waals surface area (Å²) in [5.74, 6) is 1.05. The number of rotatable bonds is 5. The fourth-order valence-electron chi connectivity index (χ4n) is 3.00. The standard InChI is InChI=1S/C20H22ClNO2S/c1-3-24-18-7-4-15-10-11-22(13-16(15)12-18)20(23)14(2)25-19-8-5-17(21)6-9-19/h4-9,12,14H,3,10-11,13H2,1-2H3. The average Bonchev–Trinajstić information content (AvgIpc) is 2.62. The number of ether oxygens (including phenoxy) is 1. The van der Waals surface area contributed by atoms with Gasteiger partial charge in [-0.25, -0.2) is 0 Å². The molecule has 0 N–H and O–H groups in total. The Bertz CT molecular complexity index is 748. The van der Waals surface area contributed by atoms with E-state index in [1.54, 1.807) is 11.8 Å². The van der Waals surface area contributed by atoms with Crippen molar-refractivity contribution in [2.75, 3.05) is 13.2 Å². The Morgan fingerprint density at radius 2 is 2.00 bits per heavy atom. The number of halogens is 1. The lowest BCUT2D eigenvalue weighted by Crippen LogP contribution is -2.40. The molecule has 1 aliphatic rings. The van der Waals surface area contributed by atoms with Crippen LogP contribution in [0.2, 0.25) is 5.02 Å². The Morgan fingerprint density at radius 1 is 1.24 bits per heavy atom. The van der Waals surface area contributed by atoms with Crippen LogP contribution in [0, 0.1) is 0 Å². The number of carbonyl (C=O) groups is 1. The third-order valence-corrected chi connectivity index (χ3v) is 5.64. The molecule has 0 radical (unpaired) electrons. The molecule has 0 bridgehead atoms. The summed E-state index contributed by atoms with van der Waals surface area (Å²) >= 11 is 7.49. The molecule has 1 heterocycles. The quantitative estimate of drug-likeness (QED) is 0.703. The molecular weight excluding hydrogens is 354 g/mol. The van der Waals surface area contributed by atoms with Crippen LogP contribution in [0.4, 0.5) is 0 Å². The number of fused-ring (bicyclic) bond motifs is 1. The molecule has 1 unspecified atom stereocenters. The fraction of sp³-hybridized carbons (Fsp3) is 0.350. The maximum absolute atomic E-state index is 12.8. The van der Waals surface area contributed by atoms with E-state index in [-0.39, 0.29) is 11.2 Å². The zero-order valence-corrected chi connectivity index (χ0v) is 16.1. The lowest BCUT2D eigenvalue weighted by Gasteiger charge is -2.31. The first kappa shape index (κ1) is 18.2. The number of nitrogens with zero attached hydrogens (tertiary/aromatic N) is 1. The highest BCUT2D eigenvalue weighted by Crippen LogP contribution is 2.29. The van der Waals surface area contributed by atoms with Crippen molar-refractivity contribution in [3.05, 3.63) is 58.6 Å². The molecule has 0 aromatic heterocycles. The third-order valence-electron chi connectivity index (χ3n) is 4.29. The minimum Gasteiger partial charge on any atom is -0.494 e. The zero-order chi connectivity index (χ0) is 17.8. The van der Waals surface area contributed by atoms with Crippen LogP contribution in [0.15, 0.2) is 47.4 Å². The summed E-state index contributed by atoms with van der Waals surface area (Å²) in [5.41, 5.74) is 2.50. The first-order valence-corrected chi connectivity index (χ1v) is 9.78. The van der Waals surface area contributed by atoms with Crippen molar-refractivity contribution >= 4 is 29.3 Å². The van der Waals surface area contributed by atoms with Gasteiger partial charge in [0.15, 0.2) is 0 Å². The monoisotopic (exact) mass is 375 g/mol. The molecule has 0 spiro atoms. The van der Waals surface area contributed by atoms with E-state index in [1.807, 2.05) is 49.1 Å². The summed E-state index contributed by atoms with van der Waals surface area (Å²) < 4.78 is 5.59. The second kappa shape index (κ2) is 8.15. The summed E-state index contributed by atoms with van der Waals surface area (Å²) in [6.07, 6.45) is 0.895. The number of hydrogen-bond donors (Lipinski definition) is 0. The molecule has 1 amide bonds. The van der Waals surface area contributed by atoms with Crippen LogP contribution in [0.5, 0.6) is 5.75 Å². The summed E-state index contributed by atoms with van der Waals surface area (Å²) in [6.45, 7) is 6.01. The van der Waals surface area contributed by atoms with Gasteiger partial charge in [0.1, 0.15) is 5.75 Å². The molecule has 0 saturated heterocycles. The van der Waals surface area contributed by atoms with Gasteiger partial charge in [-0.2, -0.15) is 0 Å². The molecule has 0 saturated carbocycles. The van der Waals surface area contributed by atoms with Crippen molar-refractivity contribution in [3.63, 3.8) is 0 Å². The van der Waals surface area contributed by atoms with E-state index in [0.29, 0.717) is 18.2 Å². The van der Waals surface area contributed by atoms with Crippen LogP contribution in [0.1, 0.15) is 25.0 Å². The Balaban J connectivity index is 1.66. The van der Waals surface area contributed by atoms with E-state index in [1.165, 1.54) is 11.1 Å². The number of carbonyl (C=O) groups excluding carboxylic acids is 1.